The van der Waals surface area contributed by atoms with Crippen molar-refractivity contribution < 1.29 is 14.6 Å². The van der Waals surface area contributed by atoms with E-state index in [0.717, 1.165) is 30.6 Å². The van der Waals surface area contributed by atoms with Crippen LogP contribution in [0.1, 0.15) is 30.4 Å². The van der Waals surface area contributed by atoms with Crippen LogP contribution in [0.25, 0.3) is 0 Å². The summed E-state index contributed by atoms with van der Waals surface area (Å²) >= 11 is 0. The maximum absolute atomic E-state index is 12.2. The fraction of sp³-hybridized carbons (Fsp3) is 0.562. The number of ether oxygens (including phenoxy) is 1. The Kier molecular flexibility index (Phi) is 5.01. The summed E-state index contributed by atoms with van der Waals surface area (Å²) in [5, 5.41) is 9.07. The Morgan fingerprint density at radius 1 is 1.35 bits per heavy atom. The molecule has 0 spiro atoms. The van der Waals surface area contributed by atoms with Crippen molar-refractivity contribution in [2.75, 3.05) is 19.8 Å². The predicted molar refractivity (Wildman–Crippen MR) is 77.8 cm³/mol. The van der Waals surface area contributed by atoms with E-state index in [0.29, 0.717) is 6.54 Å². The van der Waals surface area contributed by atoms with Crippen LogP contribution >= 0.6 is 0 Å². The molecule has 1 aromatic rings. The summed E-state index contributed by atoms with van der Waals surface area (Å²) in [6.07, 6.45) is 3.24. The number of nitrogens with zero attached hydrogens (tertiary/aromatic N) is 1. The van der Waals surface area contributed by atoms with E-state index in [1.807, 2.05) is 32.0 Å². The number of aryl methyl sites for hydroxylation is 2. The molecule has 0 bridgehead atoms. The molecule has 1 aromatic carbocycles. The number of aliphatic hydroxyl groups excluding tert-OH is 1. The number of hydrogen-bond acceptors (Lipinski definition) is 3. The second-order valence-corrected chi connectivity index (χ2v) is 5.43. The number of carbonyl (C=O) groups excluding carboxylic acids is 1. The molecule has 0 saturated heterocycles. The second kappa shape index (κ2) is 6.75. The van der Waals surface area contributed by atoms with E-state index in [9.17, 15) is 4.79 Å². The molecule has 1 fully saturated rings. The zero-order chi connectivity index (χ0) is 14.5. The van der Waals surface area contributed by atoms with Gasteiger partial charge < -0.3 is 14.7 Å². The van der Waals surface area contributed by atoms with Crippen molar-refractivity contribution in [2.24, 2.45) is 0 Å². The summed E-state index contributed by atoms with van der Waals surface area (Å²) in [6.45, 7) is 4.52. The smallest absolute Gasteiger partial charge is 0.260 e. The van der Waals surface area contributed by atoms with E-state index >= 15 is 0 Å². The summed E-state index contributed by atoms with van der Waals surface area (Å²) in [4.78, 5) is 13.9. The number of hydrogen-bond donors (Lipinski definition) is 1. The summed E-state index contributed by atoms with van der Waals surface area (Å²) in [6, 6.07) is 6.11. The van der Waals surface area contributed by atoms with Crippen molar-refractivity contribution in [1.29, 1.82) is 0 Å². The zero-order valence-electron chi connectivity index (χ0n) is 12.3. The molecule has 4 heteroatoms. The van der Waals surface area contributed by atoms with Gasteiger partial charge in [0.15, 0.2) is 6.61 Å². The molecule has 1 aliphatic carbocycles. The highest BCUT2D eigenvalue weighted by Gasteiger charge is 2.28. The second-order valence-electron chi connectivity index (χ2n) is 5.43. The Balaban J connectivity index is 1.90. The van der Waals surface area contributed by atoms with E-state index in [2.05, 4.69) is 0 Å². The van der Waals surface area contributed by atoms with E-state index in [1.54, 1.807) is 4.90 Å². The standard InChI is InChI=1S/C16H23NO3/c1-12-6-7-15(10-13(12)2)20-11-16(19)17(8-9-18)14-4-3-5-14/h6-7,10,14,18H,3-5,8-9,11H2,1-2H3. The minimum atomic E-state index is -0.0398. The van der Waals surface area contributed by atoms with Crippen molar-refractivity contribution >= 4 is 5.91 Å². The van der Waals surface area contributed by atoms with Crippen LogP contribution in [-0.2, 0) is 4.79 Å². The molecule has 2 rings (SSSR count). The summed E-state index contributed by atoms with van der Waals surface area (Å²) < 4.78 is 5.58. The highest BCUT2D eigenvalue weighted by atomic mass is 16.5. The predicted octanol–water partition coefficient (Wildman–Crippen LogP) is 2.06. The Bertz CT molecular complexity index is 469. The fourth-order valence-electron chi connectivity index (χ4n) is 2.35. The van der Waals surface area contributed by atoms with Crippen LogP contribution in [0, 0.1) is 13.8 Å². The quantitative estimate of drug-likeness (QED) is 0.866. The third kappa shape index (κ3) is 3.51. The van der Waals surface area contributed by atoms with Gasteiger partial charge in [-0.3, -0.25) is 4.79 Å². The van der Waals surface area contributed by atoms with Gasteiger partial charge in [0.2, 0.25) is 0 Å². The maximum Gasteiger partial charge on any atom is 0.260 e. The summed E-state index contributed by atoms with van der Waals surface area (Å²) in [5.74, 6) is 0.681. The van der Waals surface area contributed by atoms with Crippen molar-refractivity contribution in [3.63, 3.8) is 0 Å². The molecule has 0 atom stereocenters. The lowest BCUT2D eigenvalue weighted by Crippen LogP contribution is -2.47. The number of carbonyl (C=O) groups is 1. The summed E-state index contributed by atoms with van der Waals surface area (Å²) in [5.41, 5.74) is 2.36. The average molecular weight is 277 g/mol. The van der Waals surface area contributed by atoms with Gasteiger partial charge in [-0.15, -0.1) is 0 Å². The van der Waals surface area contributed by atoms with Crippen LogP contribution in [-0.4, -0.2) is 41.7 Å². The van der Waals surface area contributed by atoms with E-state index in [1.165, 1.54) is 5.56 Å². The largest absolute Gasteiger partial charge is 0.484 e. The molecule has 1 amide bonds. The van der Waals surface area contributed by atoms with E-state index in [4.69, 9.17) is 9.84 Å². The molecular weight excluding hydrogens is 254 g/mol. The van der Waals surface area contributed by atoms with Gasteiger partial charge in [-0.1, -0.05) is 6.07 Å². The highest BCUT2D eigenvalue weighted by molar-refractivity contribution is 5.78. The summed E-state index contributed by atoms with van der Waals surface area (Å²) in [7, 11) is 0. The Labute approximate surface area is 120 Å². The van der Waals surface area contributed by atoms with Gasteiger partial charge in [0.05, 0.1) is 6.61 Å². The number of aliphatic hydroxyl groups is 1. The molecule has 110 valence electrons. The normalized spacial score (nSPS) is 14.8. The van der Waals surface area contributed by atoms with Crippen molar-refractivity contribution in [3.05, 3.63) is 29.3 Å². The van der Waals surface area contributed by atoms with Crippen LogP contribution in [0.4, 0.5) is 0 Å². The van der Waals surface area contributed by atoms with Gasteiger partial charge in [-0.25, -0.2) is 0 Å². The average Bonchev–Trinajstić information content (AvgIpc) is 2.37. The van der Waals surface area contributed by atoms with Gasteiger partial charge >= 0.3 is 0 Å². The lowest BCUT2D eigenvalue weighted by atomic mass is 9.91. The van der Waals surface area contributed by atoms with Crippen LogP contribution < -0.4 is 4.74 Å². The van der Waals surface area contributed by atoms with Crippen LogP contribution in [0.5, 0.6) is 5.75 Å². The van der Waals surface area contributed by atoms with Gasteiger partial charge in [0.1, 0.15) is 5.75 Å². The third-order valence-electron chi connectivity index (χ3n) is 4.02. The zero-order valence-corrected chi connectivity index (χ0v) is 12.3. The molecule has 0 heterocycles. The minimum Gasteiger partial charge on any atom is -0.484 e. The number of benzene rings is 1. The topological polar surface area (TPSA) is 49.8 Å². The first-order valence-corrected chi connectivity index (χ1v) is 7.22. The number of rotatable bonds is 6. The molecule has 4 nitrogen and oxygen atoms in total. The first-order valence-electron chi connectivity index (χ1n) is 7.22. The van der Waals surface area contributed by atoms with Gasteiger partial charge in [-0.05, 0) is 56.4 Å². The molecule has 0 radical (unpaired) electrons. The van der Waals surface area contributed by atoms with Crippen LogP contribution in [0.3, 0.4) is 0 Å². The Hall–Kier alpha value is -1.55. The third-order valence-corrected chi connectivity index (χ3v) is 4.02. The lowest BCUT2D eigenvalue weighted by molar-refractivity contribution is -0.138. The van der Waals surface area contributed by atoms with E-state index in [-0.39, 0.29) is 25.2 Å². The molecule has 0 aliphatic heterocycles. The van der Waals surface area contributed by atoms with Gasteiger partial charge in [0, 0.05) is 12.6 Å². The first-order chi connectivity index (χ1) is 9.61. The van der Waals surface area contributed by atoms with Gasteiger partial charge in [0.25, 0.3) is 5.91 Å². The van der Waals surface area contributed by atoms with Crippen molar-refractivity contribution in [1.82, 2.24) is 4.90 Å². The lowest BCUT2D eigenvalue weighted by Gasteiger charge is -2.37. The SMILES string of the molecule is Cc1ccc(OCC(=O)N(CCO)C2CCC2)cc1C. The van der Waals surface area contributed by atoms with Gasteiger partial charge in [-0.2, -0.15) is 0 Å². The van der Waals surface area contributed by atoms with Crippen molar-refractivity contribution in [2.45, 2.75) is 39.2 Å². The molecule has 1 N–H and O–H groups in total. The molecule has 20 heavy (non-hydrogen) atoms. The first kappa shape index (κ1) is 14.9. The Morgan fingerprint density at radius 2 is 2.10 bits per heavy atom. The molecule has 0 aromatic heterocycles. The monoisotopic (exact) mass is 277 g/mol. The highest BCUT2D eigenvalue weighted by Crippen LogP contribution is 2.25. The van der Waals surface area contributed by atoms with Crippen LogP contribution in [0.15, 0.2) is 18.2 Å². The minimum absolute atomic E-state index is 0.00583. The van der Waals surface area contributed by atoms with Crippen LogP contribution in [0.2, 0.25) is 0 Å². The molecule has 1 aliphatic rings. The maximum atomic E-state index is 12.2. The fourth-order valence-corrected chi connectivity index (χ4v) is 2.35. The van der Waals surface area contributed by atoms with Crippen molar-refractivity contribution in [3.8, 4) is 5.75 Å². The Morgan fingerprint density at radius 3 is 2.65 bits per heavy atom. The number of amides is 1. The molecular formula is C16H23NO3. The molecule has 1 saturated carbocycles. The molecule has 0 unspecified atom stereocenters. The van der Waals surface area contributed by atoms with E-state index < -0.39 is 0 Å².